The Hall–Kier alpha value is -2.79. The Bertz CT molecular complexity index is 920. The van der Waals surface area contributed by atoms with Crippen molar-refractivity contribution in [1.29, 1.82) is 0 Å². The number of hydrogen-bond donors (Lipinski definition) is 1. The number of ether oxygens (including phenoxy) is 1. The minimum absolute atomic E-state index is 0.247. The van der Waals surface area contributed by atoms with Crippen molar-refractivity contribution in [3.8, 4) is 11.5 Å². The molecule has 1 aromatic heterocycles. The molecule has 0 bridgehead atoms. The number of carbonyl (C=O) groups excluding carboxylic acids is 1. The van der Waals surface area contributed by atoms with E-state index in [2.05, 4.69) is 10.4 Å². The van der Waals surface area contributed by atoms with E-state index >= 15 is 0 Å². The van der Waals surface area contributed by atoms with Crippen molar-refractivity contribution in [3.05, 3.63) is 70.5 Å². The quantitative estimate of drug-likeness (QED) is 0.735. The number of rotatable bonds is 4. The first kappa shape index (κ1) is 17.0. The van der Waals surface area contributed by atoms with Crippen molar-refractivity contribution in [2.75, 3.05) is 5.32 Å². The molecule has 0 aliphatic rings. The van der Waals surface area contributed by atoms with Crippen LogP contribution in [0.15, 0.2) is 48.5 Å². The smallest absolute Gasteiger partial charge is 0.259 e. The molecule has 0 aliphatic heterocycles. The van der Waals surface area contributed by atoms with Crippen LogP contribution in [0.3, 0.4) is 0 Å². The number of nitrogens with zero attached hydrogens (tertiary/aromatic N) is 2. The van der Waals surface area contributed by atoms with Gasteiger partial charge < -0.3 is 10.1 Å². The van der Waals surface area contributed by atoms with Crippen LogP contribution in [0.5, 0.6) is 11.5 Å². The summed E-state index contributed by atoms with van der Waals surface area (Å²) in [5.41, 5.74) is 2.52. The van der Waals surface area contributed by atoms with Gasteiger partial charge in [0.25, 0.3) is 5.91 Å². The molecule has 5 nitrogen and oxygen atoms in total. The number of aryl methyl sites for hydroxylation is 2. The zero-order chi connectivity index (χ0) is 18.0. The van der Waals surface area contributed by atoms with E-state index in [-0.39, 0.29) is 5.91 Å². The first-order chi connectivity index (χ1) is 12.0. The number of para-hydroxylation sites is 1. The van der Waals surface area contributed by atoms with E-state index in [0.29, 0.717) is 33.5 Å². The van der Waals surface area contributed by atoms with Crippen LogP contribution in [0.4, 0.5) is 5.69 Å². The summed E-state index contributed by atoms with van der Waals surface area (Å²) in [5, 5.41) is 7.67. The maximum atomic E-state index is 12.7. The number of amides is 1. The van der Waals surface area contributed by atoms with E-state index in [9.17, 15) is 4.79 Å². The van der Waals surface area contributed by atoms with Gasteiger partial charge in [0, 0.05) is 17.8 Å². The number of nitrogens with one attached hydrogen (secondary N) is 1. The van der Waals surface area contributed by atoms with Crippen LogP contribution in [0, 0.1) is 13.8 Å². The van der Waals surface area contributed by atoms with Crippen molar-refractivity contribution < 1.29 is 9.53 Å². The summed E-state index contributed by atoms with van der Waals surface area (Å²) in [6, 6.07) is 14.5. The maximum Gasteiger partial charge on any atom is 0.259 e. The molecule has 6 heteroatoms. The SMILES string of the molecule is Cc1nn(C)c(C)c1C(=O)Nc1cc(Cl)ccc1Oc1ccccc1. The highest BCUT2D eigenvalue weighted by Crippen LogP contribution is 2.32. The van der Waals surface area contributed by atoms with E-state index < -0.39 is 0 Å². The van der Waals surface area contributed by atoms with Crippen LogP contribution in [0.25, 0.3) is 0 Å². The Morgan fingerprint density at radius 1 is 1.16 bits per heavy atom. The predicted molar refractivity (Wildman–Crippen MR) is 98.6 cm³/mol. The predicted octanol–water partition coefficient (Wildman–Crippen LogP) is 4.73. The van der Waals surface area contributed by atoms with Gasteiger partial charge >= 0.3 is 0 Å². The van der Waals surface area contributed by atoms with Crippen LogP contribution >= 0.6 is 11.6 Å². The fourth-order valence-electron chi connectivity index (χ4n) is 2.59. The monoisotopic (exact) mass is 355 g/mol. The molecule has 0 saturated carbocycles. The summed E-state index contributed by atoms with van der Waals surface area (Å²) in [6.45, 7) is 3.66. The van der Waals surface area contributed by atoms with Gasteiger partial charge in [0.1, 0.15) is 5.75 Å². The summed E-state index contributed by atoms with van der Waals surface area (Å²) in [6.07, 6.45) is 0. The highest BCUT2D eigenvalue weighted by atomic mass is 35.5. The summed E-state index contributed by atoms with van der Waals surface area (Å²) in [7, 11) is 1.81. The van der Waals surface area contributed by atoms with Crippen LogP contribution in [-0.4, -0.2) is 15.7 Å². The van der Waals surface area contributed by atoms with Gasteiger partial charge in [-0.05, 0) is 44.2 Å². The molecule has 25 heavy (non-hydrogen) atoms. The Kier molecular flexibility index (Phi) is 4.76. The molecule has 2 aromatic carbocycles. The van der Waals surface area contributed by atoms with Crippen LogP contribution in [-0.2, 0) is 7.05 Å². The van der Waals surface area contributed by atoms with E-state index in [1.54, 1.807) is 29.8 Å². The normalized spacial score (nSPS) is 10.6. The van der Waals surface area contributed by atoms with Gasteiger partial charge in [-0.3, -0.25) is 9.48 Å². The van der Waals surface area contributed by atoms with Crippen molar-refractivity contribution in [1.82, 2.24) is 9.78 Å². The van der Waals surface area contributed by atoms with Gasteiger partial charge in [-0.1, -0.05) is 29.8 Å². The minimum atomic E-state index is -0.247. The molecular weight excluding hydrogens is 338 g/mol. The lowest BCUT2D eigenvalue weighted by Crippen LogP contribution is -2.14. The van der Waals surface area contributed by atoms with E-state index in [1.807, 2.05) is 44.3 Å². The lowest BCUT2D eigenvalue weighted by molar-refractivity contribution is 0.102. The Morgan fingerprint density at radius 3 is 2.52 bits per heavy atom. The van der Waals surface area contributed by atoms with Gasteiger partial charge in [-0.2, -0.15) is 5.10 Å². The highest BCUT2D eigenvalue weighted by molar-refractivity contribution is 6.31. The van der Waals surface area contributed by atoms with Crippen LogP contribution in [0.1, 0.15) is 21.7 Å². The third-order valence-corrected chi connectivity index (χ3v) is 4.13. The van der Waals surface area contributed by atoms with Gasteiger partial charge in [0.15, 0.2) is 5.75 Å². The number of halogens is 1. The molecule has 0 unspecified atom stereocenters. The van der Waals surface area contributed by atoms with Crippen LogP contribution < -0.4 is 10.1 Å². The summed E-state index contributed by atoms with van der Waals surface area (Å²) in [4.78, 5) is 12.7. The second-order valence-electron chi connectivity index (χ2n) is 5.68. The van der Waals surface area contributed by atoms with Crippen molar-refractivity contribution in [3.63, 3.8) is 0 Å². The zero-order valence-corrected chi connectivity index (χ0v) is 15.0. The van der Waals surface area contributed by atoms with E-state index in [1.165, 1.54) is 0 Å². The molecule has 0 atom stereocenters. The van der Waals surface area contributed by atoms with Gasteiger partial charge in [-0.25, -0.2) is 0 Å². The molecule has 128 valence electrons. The summed E-state index contributed by atoms with van der Waals surface area (Å²) in [5.74, 6) is 0.945. The van der Waals surface area contributed by atoms with Gasteiger partial charge in [-0.15, -0.1) is 0 Å². The average Bonchev–Trinajstić information content (AvgIpc) is 2.83. The molecule has 0 saturated heterocycles. The molecule has 0 spiro atoms. The van der Waals surface area contributed by atoms with Gasteiger partial charge in [0.2, 0.25) is 0 Å². The molecular formula is C19H18ClN3O2. The molecule has 1 heterocycles. The fourth-order valence-corrected chi connectivity index (χ4v) is 2.76. The fraction of sp³-hybridized carbons (Fsp3) is 0.158. The highest BCUT2D eigenvalue weighted by Gasteiger charge is 2.19. The van der Waals surface area contributed by atoms with Crippen molar-refractivity contribution >= 4 is 23.2 Å². The number of carbonyl (C=O) groups is 1. The van der Waals surface area contributed by atoms with Crippen LogP contribution in [0.2, 0.25) is 5.02 Å². The molecule has 1 N–H and O–H groups in total. The Balaban J connectivity index is 1.91. The second-order valence-corrected chi connectivity index (χ2v) is 6.12. The lowest BCUT2D eigenvalue weighted by atomic mass is 10.1. The van der Waals surface area contributed by atoms with Crippen molar-refractivity contribution in [2.24, 2.45) is 7.05 Å². The molecule has 3 rings (SSSR count). The summed E-state index contributed by atoms with van der Waals surface area (Å²) >= 11 is 6.09. The second kappa shape index (κ2) is 6.99. The number of anilines is 1. The summed E-state index contributed by atoms with van der Waals surface area (Å²) < 4.78 is 7.56. The third-order valence-electron chi connectivity index (χ3n) is 3.90. The number of benzene rings is 2. The third kappa shape index (κ3) is 3.67. The Morgan fingerprint density at radius 2 is 1.88 bits per heavy atom. The molecule has 3 aromatic rings. The van der Waals surface area contributed by atoms with Crippen molar-refractivity contribution in [2.45, 2.75) is 13.8 Å². The largest absolute Gasteiger partial charge is 0.455 e. The zero-order valence-electron chi connectivity index (χ0n) is 14.2. The number of hydrogen-bond acceptors (Lipinski definition) is 3. The topological polar surface area (TPSA) is 56.2 Å². The minimum Gasteiger partial charge on any atom is -0.455 e. The molecule has 1 amide bonds. The number of aromatic nitrogens is 2. The molecule has 0 fully saturated rings. The Labute approximate surface area is 151 Å². The van der Waals surface area contributed by atoms with Gasteiger partial charge in [0.05, 0.1) is 16.9 Å². The first-order valence-corrected chi connectivity index (χ1v) is 8.17. The van der Waals surface area contributed by atoms with E-state index in [4.69, 9.17) is 16.3 Å². The molecule has 0 aliphatic carbocycles. The standard InChI is InChI=1S/C19H18ClN3O2/c1-12-18(13(2)23(3)22-12)19(24)21-16-11-14(20)9-10-17(16)25-15-7-5-4-6-8-15/h4-11H,1-3H3,(H,21,24). The lowest BCUT2D eigenvalue weighted by Gasteiger charge is -2.13. The maximum absolute atomic E-state index is 12.7. The van der Waals surface area contributed by atoms with E-state index in [0.717, 1.165) is 5.69 Å². The first-order valence-electron chi connectivity index (χ1n) is 7.79. The molecule has 0 radical (unpaired) electrons. The average molecular weight is 356 g/mol.